The fraction of sp³-hybridized carbons (Fsp3) is 0.455. The summed E-state index contributed by atoms with van der Waals surface area (Å²) in [5.74, 6) is -0.429. The molecule has 0 atom stereocenters. The van der Waals surface area contributed by atoms with Crippen LogP contribution in [0.5, 0.6) is 0 Å². The number of rotatable bonds is 8. The molecule has 0 bridgehead atoms. The van der Waals surface area contributed by atoms with Gasteiger partial charge < -0.3 is 10.4 Å². The molecule has 0 saturated heterocycles. The van der Waals surface area contributed by atoms with E-state index in [4.69, 9.17) is 5.11 Å². The van der Waals surface area contributed by atoms with Crippen LogP contribution in [0.2, 0.25) is 0 Å². The molecule has 0 fully saturated rings. The predicted molar refractivity (Wildman–Crippen MR) is 65.5 cm³/mol. The lowest BCUT2D eigenvalue weighted by Gasteiger charge is -2.18. The van der Waals surface area contributed by atoms with Crippen LogP contribution in [-0.4, -0.2) is 54.7 Å². The van der Waals surface area contributed by atoms with Gasteiger partial charge in [-0.25, -0.2) is 4.79 Å². The van der Waals surface area contributed by atoms with Gasteiger partial charge in [-0.05, 0) is 0 Å². The lowest BCUT2D eigenvalue weighted by atomic mass is 10.4. The Hall–Kier alpha value is -1.66. The molecule has 0 aromatic rings. The Labute approximate surface area is 101 Å². The number of aliphatic hydroxyl groups excluding tert-OH is 1. The summed E-state index contributed by atoms with van der Waals surface area (Å²) < 4.78 is 0. The molecule has 0 unspecified atom stereocenters. The molecule has 0 rings (SSSR count). The Morgan fingerprint density at radius 2 is 2.00 bits per heavy atom. The summed E-state index contributed by atoms with van der Waals surface area (Å²) in [5.41, 5.74) is 0. The summed E-state index contributed by atoms with van der Waals surface area (Å²) in [6.45, 7) is 8.09. The molecule has 0 aliphatic heterocycles. The van der Waals surface area contributed by atoms with Crippen LogP contribution < -0.4 is 10.6 Å². The Balaban J connectivity index is 3.99. The molecule has 6 heteroatoms. The van der Waals surface area contributed by atoms with E-state index in [1.54, 1.807) is 11.0 Å². The van der Waals surface area contributed by atoms with Crippen LogP contribution in [0.4, 0.5) is 4.79 Å². The molecule has 17 heavy (non-hydrogen) atoms. The highest BCUT2D eigenvalue weighted by Gasteiger charge is 2.11. The third-order valence-corrected chi connectivity index (χ3v) is 1.83. The average Bonchev–Trinajstić information content (AvgIpc) is 2.26. The van der Waals surface area contributed by atoms with E-state index < -0.39 is 11.9 Å². The average molecular weight is 241 g/mol. The second-order valence-corrected chi connectivity index (χ2v) is 3.29. The van der Waals surface area contributed by atoms with E-state index in [9.17, 15) is 9.59 Å². The van der Waals surface area contributed by atoms with Gasteiger partial charge in [0.1, 0.15) is 0 Å². The Bertz CT molecular complexity index is 279. The summed E-state index contributed by atoms with van der Waals surface area (Å²) >= 11 is 0. The van der Waals surface area contributed by atoms with Gasteiger partial charge in [-0.2, -0.15) is 0 Å². The van der Waals surface area contributed by atoms with E-state index in [-0.39, 0.29) is 13.2 Å². The third-order valence-electron chi connectivity index (χ3n) is 1.83. The van der Waals surface area contributed by atoms with Gasteiger partial charge >= 0.3 is 6.03 Å². The summed E-state index contributed by atoms with van der Waals surface area (Å²) in [6, 6.07) is -0.558. The van der Waals surface area contributed by atoms with Crippen molar-refractivity contribution in [3.63, 3.8) is 0 Å². The fourth-order valence-corrected chi connectivity index (χ4v) is 1.14. The van der Waals surface area contributed by atoms with Crippen molar-refractivity contribution >= 4 is 11.9 Å². The smallest absolute Gasteiger partial charge is 0.321 e. The normalized spacial score (nSPS) is 9.76. The van der Waals surface area contributed by atoms with Crippen molar-refractivity contribution in [2.45, 2.75) is 0 Å². The van der Waals surface area contributed by atoms with Gasteiger partial charge in [0.15, 0.2) is 0 Å². The molecule has 0 aromatic heterocycles. The predicted octanol–water partition coefficient (Wildman–Crippen LogP) is -0.521. The highest BCUT2D eigenvalue weighted by molar-refractivity contribution is 5.95. The molecular weight excluding hydrogens is 222 g/mol. The number of amides is 3. The van der Waals surface area contributed by atoms with Crippen molar-refractivity contribution in [3.05, 3.63) is 25.3 Å². The SMILES string of the molecule is C=CCNC(=O)NC(=O)CN(CC=C)CCO. The number of imide groups is 1. The molecule has 0 radical (unpaired) electrons. The third kappa shape index (κ3) is 8.18. The maximum Gasteiger partial charge on any atom is 0.321 e. The van der Waals surface area contributed by atoms with Crippen molar-refractivity contribution in [2.24, 2.45) is 0 Å². The van der Waals surface area contributed by atoms with Crippen LogP contribution in [-0.2, 0) is 4.79 Å². The van der Waals surface area contributed by atoms with Crippen molar-refractivity contribution in [1.82, 2.24) is 15.5 Å². The van der Waals surface area contributed by atoms with Crippen LogP contribution in [0, 0.1) is 0 Å². The molecule has 0 spiro atoms. The van der Waals surface area contributed by atoms with Crippen LogP contribution in [0.1, 0.15) is 0 Å². The van der Waals surface area contributed by atoms with Crippen molar-refractivity contribution in [1.29, 1.82) is 0 Å². The van der Waals surface area contributed by atoms with E-state index >= 15 is 0 Å². The van der Waals surface area contributed by atoms with E-state index in [0.717, 1.165) is 0 Å². The number of carbonyl (C=O) groups is 2. The summed E-state index contributed by atoms with van der Waals surface area (Å²) in [4.78, 5) is 24.2. The van der Waals surface area contributed by atoms with Gasteiger partial charge in [0.25, 0.3) is 0 Å². The van der Waals surface area contributed by atoms with E-state index in [2.05, 4.69) is 23.8 Å². The number of nitrogens with one attached hydrogen (secondary N) is 2. The van der Waals surface area contributed by atoms with Crippen LogP contribution >= 0.6 is 0 Å². The van der Waals surface area contributed by atoms with Gasteiger partial charge in [0.2, 0.25) is 5.91 Å². The Kier molecular flexibility index (Phi) is 8.62. The largest absolute Gasteiger partial charge is 0.395 e. The van der Waals surface area contributed by atoms with Crippen LogP contribution in [0.15, 0.2) is 25.3 Å². The number of carbonyl (C=O) groups excluding carboxylic acids is 2. The molecule has 96 valence electrons. The van der Waals surface area contributed by atoms with Gasteiger partial charge in [-0.1, -0.05) is 12.2 Å². The standard InChI is InChI=1S/C11H19N3O3/c1-3-5-12-11(17)13-10(16)9-14(6-4-2)7-8-15/h3-4,15H,1-2,5-9H2,(H2,12,13,16,17). The van der Waals surface area contributed by atoms with Crippen LogP contribution in [0.25, 0.3) is 0 Å². The first kappa shape index (κ1) is 15.3. The maximum atomic E-state index is 11.4. The second kappa shape index (κ2) is 9.56. The number of nitrogens with zero attached hydrogens (tertiary/aromatic N) is 1. The van der Waals surface area contributed by atoms with Crippen molar-refractivity contribution in [2.75, 3.05) is 32.8 Å². The van der Waals surface area contributed by atoms with Crippen molar-refractivity contribution in [3.8, 4) is 0 Å². The molecule has 6 nitrogen and oxygen atoms in total. The zero-order chi connectivity index (χ0) is 13.1. The molecule has 0 aromatic carbocycles. The second-order valence-electron chi connectivity index (χ2n) is 3.29. The molecule has 0 aliphatic rings. The van der Waals surface area contributed by atoms with Crippen LogP contribution in [0.3, 0.4) is 0 Å². The summed E-state index contributed by atoms with van der Waals surface area (Å²) in [5, 5.41) is 13.4. The lowest BCUT2D eigenvalue weighted by Crippen LogP contribution is -2.45. The van der Waals surface area contributed by atoms with E-state index in [1.165, 1.54) is 6.08 Å². The zero-order valence-corrected chi connectivity index (χ0v) is 9.82. The van der Waals surface area contributed by atoms with Gasteiger partial charge in [0, 0.05) is 19.6 Å². The highest BCUT2D eigenvalue weighted by atomic mass is 16.3. The molecule has 3 amide bonds. The lowest BCUT2D eigenvalue weighted by molar-refractivity contribution is -0.121. The minimum absolute atomic E-state index is 0.0358. The van der Waals surface area contributed by atoms with Gasteiger partial charge in [-0.15, -0.1) is 13.2 Å². The van der Waals surface area contributed by atoms with E-state index in [1.807, 2.05) is 0 Å². The summed E-state index contributed by atoms with van der Waals surface area (Å²) in [7, 11) is 0. The van der Waals surface area contributed by atoms with Gasteiger partial charge in [-0.3, -0.25) is 15.0 Å². The minimum atomic E-state index is -0.558. The number of hydrogen-bond acceptors (Lipinski definition) is 4. The molecular formula is C11H19N3O3. The topological polar surface area (TPSA) is 81.7 Å². The molecule has 0 saturated carbocycles. The first-order valence-electron chi connectivity index (χ1n) is 5.26. The van der Waals surface area contributed by atoms with Gasteiger partial charge in [0.05, 0.1) is 13.2 Å². The molecule has 0 aliphatic carbocycles. The highest BCUT2D eigenvalue weighted by Crippen LogP contribution is 1.87. The zero-order valence-electron chi connectivity index (χ0n) is 9.82. The van der Waals surface area contributed by atoms with E-state index in [0.29, 0.717) is 19.6 Å². The minimum Gasteiger partial charge on any atom is -0.395 e. The Morgan fingerprint density at radius 3 is 2.53 bits per heavy atom. The summed E-state index contributed by atoms with van der Waals surface area (Å²) in [6.07, 6.45) is 3.14. The number of urea groups is 1. The monoisotopic (exact) mass is 241 g/mol. The first-order chi connectivity index (χ1) is 8.13. The molecule has 3 N–H and O–H groups in total. The number of aliphatic hydroxyl groups is 1. The first-order valence-corrected chi connectivity index (χ1v) is 5.26. The number of hydrogen-bond donors (Lipinski definition) is 3. The Morgan fingerprint density at radius 1 is 1.29 bits per heavy atom. The maximum absolute atomic E-state index is 11.4. The fourth-order valence-electron chi connectivity index (χ4n) is 1.14. The quantitative estimate of drug-likeness (QED) is 0.499. The molecule has 0 heterocycles. The van der Waals surface area contributed by atoms with Crippen molar-refractivity contribution < 1.29 is 14.7 Å².